The lowest BCUT2D eigenvalue weighted by molar-refractivity contribution is -0.141. The van der Waals surface area contributed by atoms with Crippen LogP contribution < -0.4 is 14.8 Å². The van der Waals surface area contributed by atoms with Crippen LogP contribution in [0.25, 0.3) is 11.3 Å². The number of ether oxygens (including phenoxy) is 2. The van der Waals surface area contributed by atoms with Crippen LogP contribution in [0.5, 0.6) is 11.5 Å². The van der Waals surface area contributed by atoms with Gasteiger partial charge in [-0.25, -0.2) is 9.97 Å². The first-order valence-electron chi connectivity index (χ1n) is 9.41. The molecule has 1 aliphatic rings. The molecule has 1 aliphatic carbocycles. The van der Waals surface area contributed by atoms with Crippen LogP contribution in [0.4, 0.5) is 13.2 Å². The van der Waals surface area contributed by atoms with Gasteiger partial charge in [-0.3, -0.25) is 4.79 Å². The highest BCUT2D eigenvalue weighted by molar-refractivity contribution is 7.99. The fourth-order valence-corrected chi connectivity index (χ4v) is 3.92. The van der Waals surface area contributed by atoms with Crippen LogP contribution in [0.15, 0.2) is 29.4 Å². The minimum absolute atomic E-state index is 0.0524. The van der Waals surface area contributed by atoms with E-state index in [1.165, 1.54) is 14.2 Å². The van der Waals surface area contributed by atoms with Crippen LogP contribution >= 0.6 is 11.8 Å². The molecule has 1 N–H and O–H groups in total. The number of carbonyl (C=O) groups excluding carboxylic acids is 1. The maximum Gasteiger partial charge on any atom is 0.433 e. The van der Waals surface area contributed by atoms with Crippen molar-refractivity contribution in [2.75, 3.05) is 20.0 Å². The van der Waals surface area contributed by atoms with Gasteiger partial charge in [0.25, 0.3) is 0 Å². The number of benzene rings is 1. The van der Waals surface area contributed by atoms with Gasteiger partial charge in [0.1, 0.15) is 5.69 Å². The van der Waals surface area contributed by atoms with Crippen molar-refractivity contribution >= 4 is 17.7 Å². The number of hydrogen-bond acceptors (Lipinski definition) is 6. The van der Waals surface area contributed by atoms with Gasteiger partial charge < -0.3 is 14.8 Å². The second-order valence-electron chi connectivity index (χ2n) is 6.83. The van der Waals surface area contributed by atoms with Gasteiger partial charge in [-0.05, 0) is 37.1 Å². The summed E-state index contributed by atoms with van der Waals surface area (Å²) in [5.74, 6) is 0.529. The van der Waals surface area contributed by atoms with E-state index in [4.69, 9.17) is 9.47 Å². The molecule has 0 atom stereocenters. The summed E-state index contributed by atoms with van der Waals surface area (Å²) in [5.41, 5.74) is -0.573. The Labute approximate surface area is 176 Å². The van der Waals surface area contributed by atoms with Crippen molar-refractivity contribution in [3.8, 4) is 22.8 Å². The summed E-state index contributed by atoms with van der Waals surface area (Å²) in [5, 5.41) is 2.79. The summed E-state index contributed by atoms with van der Waals surface area (Å²) in [6.45, 7) is 0. The van der Waals surface area contributed by atoms with Crippen molar-refractivity contribution < 1.29 is 27.4 Å². The number of thioether (sulfide) groups is 1. The molecule has 10 heteroatoms. The van der Waals surface area contributed by atoms with Gasteiger partial charge in [0.05, 0.1) is 25.7 Å². The molecule has 1 heterocycles. The minimum Gasteiger partial charge on any atom is -0.493 e. The molecule has 1 amide bonds. The van der Waals surface area contributed by atoms with E-state index in [0.717, 1.165) is 43.5 Å². The fraction of sp³-hybridized carbons (Fsp3) is 0.450. The molecule has 1 aromatic carbocycles. The van der Waals surface area contributed by atoms with Gasteiger partial charge in [-0.2, -0.15) is 13.2 Å². The number of halogens is 3. The summed E-state index contributed by atoms with van der Waals surface area (Å²) in [4.78, 5) is 20.0. The van der Waals surface area contributed by atoms with Crippen molar-refractivity contribution in [1.29, 1.82) is 0 Å². The average Bonchev–Trinajstić information content (AvgIpc) is 3.23. The maximum absolute atomic E-state index is 13.4. The SMILES string of the molecule is COc1ccc(-c2cc(C(F)(F)F)nc(SCC(=O)NC3CCCC3)n2)cc1OC. The van der Waals surface area contributed by atoms with E-state index >= 15 is 0 Å². The quantitative estimate of drug-likeness (QED) is 0.509. The van der Waals surface area contributed by atoms with Gasteiger partial charge in [-0.1, -0.05) is 24.6 Å². The van der Waals surface area contributed by atoms with Crippen LogP contribution in [0.2, 0.25) is 0 Å². The van der Waals surface area contributed by atoms with E-state index < -0.39 is 11.9 Å². The Bertz CT molecular complexity index is 903. The molecule has 1 fully saturated rings. The first kappa shape index (κ1) is 22.2. The van der Waals surface area contributed by atoms with Crippen molar-refractivity contribution in [3.05, 3.63) is 30.0 Å². The normalized spacial score (nSPS) is 14.6. The van der Waals surface area contributed by atoms with Crippen molar-refractivity contribution in [3.63, 3.8) is 0 Å². The third-order valence-electron chi connectivity index (χ3n) is 4.73. The number of hydrogen-bond donors (Lipinski definition) is 1. The summed E-state index contributed by atoms with van der Waals surface area (Å²) >= 11 is 0.878. The number of nitrogens with one attached hydrogen (secondary N) is 1. The third-order valence-corrected chi connectivity index (χ3v) is 5.58. The predicted octanol–water partition coefficient (Wildman–Crippen LogP) is 4.33. The summed E-state index contributed by atoms with van der Waals surface area (Å²) in [7, 11) is 2.91. The van der Waals surface area contributed by atoms with Gasteiger partial charge in [-0.15, -0.1) is 0 Å². The second-order valence-corrected chi connectivity index (χ2v) is 7.77. The monoisotopic (exact) mass is 441 g/mol. The lowest BCUT2D eigenvalue weighted by Crippen LogP contribution is -2.33. The highest BCUT2D eigenvalue weighted by Gasteiger charge is 2.34. The van der Waals surface area contributed by atoms with Crippen molar-refractivity contribution in [1.82, 2.24) is 15.3 Å². The number of nitrogens with zero attached hydrogens (tertiary/aromatic N) is 2. The highest BCUT2D eigenvalue weighted by atomic mass is 32.2. The topological polar surface area (TPSA) is 73.3 Å². The zero-order chi connectivity index (χ0) is 21.7. The summed E-state index contributed by atoms with van der Waals surface area (Å²) < 4.78 is 50.5. The first-order chi connectivity index (χ1) is 14.3. The Kier molecular flexibility index (Phi) is 7.06. The Morgan fingerprint density at radius 2 is 1.83 bits per heavy atom. The molecule has 0 spiro atoms. The zero-order valence-corrected chi connectivity index (χ0v) is 17.4. The number of alkyl halides is 3. The van der Waals surface area contributed by atoms with Gasteiger partial charge in [0.15, 0.2) is 16.7 Å². The molecule has 0 unspecified atom stereocenters. The van der Waals surface area contributed by atoms with E-state index in [0.29, 0.717) is 17.1 Å². The largest absolute Gasteiger partial charge is 0.493 e. The van der Waals surface area contributed by atoms with Gasteiger partial charge >= 0.3 is 6.18 Å². The molecule has 0 aliphatic heterocycles. The lowest BCUT2D eigenvalue weighted by Gasteiger charge is -2.13. The van der Waals surface area contributed by atoms with E-state index in [1.807, 2.05) is 0 Å². The molecule has 30 heavy (non-hydrogen) atoms. The van der Waals surface area contributed by atoms with E-state index in [-0.39, 0.29) is 28.6 Å². The number of amides is 1. The minimum atomic E-state index is -4.64. The van der Waals surface area contributed by atoms with Gasteiger partial charge in [0.2, 0.25) is 5.91 Å². The van der Waals surface area contributed by atoms with Crippen LogP contribution in [-0.4, -0.2) is 41.9 Å². The van der Waals surface area contributed by atoms with Crippen molar-refractivity contribution in [2.24, 2.45) is 0 Å². The Hall–Kier alpha value is -2.49. The molecule has 1 saturated carbocycles. The smallest absolute Gasteiger partial charge is 0.433 e. The fourth-order valence-electron chi connectivity index (χ4n) is 3.25. The standard InChI is InChI=1S/C20H22F3N3O3S/c1-28-15-8-7-12(9-16(15)29-2)14-10-17(20(21,22)23)26-19(25-14)30-11-18(27)24-13-5-3-4-6-13/h7-10,13H,3-6,11H2,1-2H3,(H,24,27). The third kappa shape index (κ3) is 5.56. The Morgan fingerprint density at radius 1 is 1.13 bits per heavy atom. The number of aromatic nitrogens is 2. The molecule has 3 rings (SSSR count). The van der Waals surface area contributed by atoms with Crippen LogP contribution in [-0.2, 0) is 11.0 Å². The van der Waals surface area contributed by atoms with E-state index in [1.54, 1.807) is 18.2 Å². The summed E-state index contributed by atoms with van der Waals surface area (Å²) in [6, 6.07) is 5.74. The highest BCUT2D eigenvalue weighted by Crippen LogP contribution is 2.35. The molecule has 0 saturated heterocycles. The van der Waals surface area contributed by atoms with Gasteiger partial charge in [0, 0.05) is 11.6 Å². The number of carbonyl (C=O) groups is 1. The molecule has 162 valence electrons. The second kappa shape index (κ2) is 9.55. The first-order valence-corrected chi connectivity index (χ1v) is 10.4. The van der Waals surface area contributed by atoms with E-state index in [9.17, 15) is 18.0 Å². The molecular formula is C20H22F3N3O3S. The van der Waals surface area contributed by atoms with Crippen LogP contribution in [0.1, 0.15) is 31.4 Å². The Morgan fingerprint density at radius 3 is 2.47 bits per heavy atom. The molecule has 6 nitrogen and oxygen atoms in total. The maximum atomic E-state index is 13.4. The molecule has 0 bridgehead atoms. The molecule has 0 radical (unpaired) electrons. The molecule has 1 aromatic heterocycles. The lowest BCUT2D eigenvalue weighted by atomic mass is 10.1. The predicted molar refractivity (Wildman–Crippen MR) is 107 cm³/mol. The molecule has 2 aromatic rings. The van der Waals surface area contributed by atoms with Crippen molar-refractivity contribution in [2.45, 2.75) is 43.1 Å². The molecular weight excluding hydrogens is 419 g/mol. The average molecular weight is 441 g/mol. The number of rotatable bonds is 7. The number of methoxy groups -OCH3 is 2. The van der Waals surface area contributed by atoms with E-state index in [2.05, 4.69) is 15.3 Å². The zero-order valence-electron chi connectivity index (χ0n) is 16.6. The summed E-state index contributed by atoms with van der Waals surface area (Å²) in [6.07, 6.45) is -0.636. The Balaban J connectivity index is 1.84. The van der Waals surface area contributed by atoms with Crippen LogP contribution in [0.3, 0.4) is 0 Å². The van der Waals surface area contributed by atoms with Crippen LogP contribution in [0, 0.1) is 0 Å².